The van der Waals surface area contributed by atoms with Gasteiger partial charge in [-0.25, -0.2) is 4.98 Å². The molecule has 26 heavy (non-hydrogen) atoms. The first kappa shape index (κ1) is 20.2. The van der Waals surface area contributed by atoms with Crippen LogP contribution in [-0.2, 0) is 6.42 Å². The first-order valence-corrected chi connectivity index (χ1v) is 9.73. The van der Waals surface area contributed by atoms with Crippen molar-refractivity contribution < 1.29 is 9.21 Å². The maximum Gasteiger partial charge on any atom is 0.273 e. The lowest BCUT2D eigenvalue weighted by molar-refractivity contribution is 0.0948. The van der Waals surface area contributed by atoms with Crippen molar-refractivity contribution in [1.82, 2.24) is 10.3 Å². The first-order valence-electron chi connectivity index (χ1n) is 9.73. The van der Waals surface area contributed by atoms with E-state index < -0.39 is 0 Å². The van der Waals surface area contributed by atoms with E-state index in [9.17, 15) is 4.79 Å². The predicted molar refractivity (Wildman–Crippen MR) is 104 cm³/mol. The zero-order chi connectivity index (χ0) is 18.6. The van der Waals surface area contributed by atoms with Gasteiger partial charge in [-0.3, -0.25) is 4.79 Å². The molecule has 0 radical (unpaired) electrons. The molecule has 2 rings (SSSR count). The van der Waals surface area contributed by atoms with E-state index in [1.807, 2.05) is 30.3 Å². The number of hydrogen-bond acceptors (Lipinski definition) is 4. The van der Waals surface area contributed by atoms with Crippen molar-refractivity contribution in [1.29, 1.82) is 0 Å². The van der Waals surface area contributed by atoms with Crippen molar-refractivity contribution >= 4 is 5.91 Å². The van der Waals surface area contributed by atoms with Gasteiger partial charge in [0.05, 0.1) is 6.04 Å². The zero-order valence-corrected chi connectivity index (χ0v) is 15.7. The van der Waals surface area contributed by atoms with Crippen LogP contribution in [0.4, 0.5) is 0 Å². The van der Waals surface area contributed by atoms with Crippen LogP contribution in [-0.4, -0.2) is 17.4 Å². The van der Waals surface area contributed by atoms with Gasteiger partial charge in [-0.2, -0.15) is 0 Å². The van der Waals surface area contributed by atoms with Gasteiger partial charge in [0.25, 0.3) is 5.91 Å². The summed E-state index contributed by atoms with van der Waals surface area (Å²) in [5, 5.41) is 2.90. The van der Waals surface area contributed by atoms with E-state index in [-0.39, 0.29) is 11.9 Å². The van der Waals surface area contributed by atoms with Gasteiger partial charge in [-0.15, -0.1) is 0 Å². The Labute approximate surface area is 156 Å². The largest absolute Gasteiger partial charge is 0.446 e. The minimum absolute atomic E-state index is 0.196. The molecule has 1 atom stereocenters. The minimum atomic E-state index is -0.359. The molecule has 0 fully saturated rings. The van der Waals surface area contributed by atoms with Crippen LogP contribution in [0.1, 0.15) is 79.9 Å². The van der Waals surface area contributed by atoms with Crippen LogP contribution in [0.2, 0.25) is 0 Å². The smallest absolute Gasteiger partial charge is 0.273 e. The molecule has 5 heteroatoms. The molecule has 0 saturated carbocycles. The molecular formula is C21H31N3O2. The molecule has 0 aliphatic heterocycles. The Morgan fingerprint density at radius 1 is 1.12 bits per heavy atom. The lowest BCUT2D eigenvalue weighted by Crippen LogP contribution is -2.25. The predicted octanol–water partition coefficient (Wildman–Crippen LogP) is 4.40. The number of carbonyl (C=O) groups is 1. The molecular weight excluding hydrogens is 326 g/mol. The number of carbonyl (C=O) groups excluding carboxylic acids is 1. The van der Waals surface area contributed by atoms with Crippen molar-refractivity contribution in [2.45, 2.75) is 64.3 Å². The number of oxazole rings is 1. The number of aromatic nitrogens is 1. The molecule has 1 unspecified atom stereocenters. The van der Waals surface area contributed by atoms with Crippen LogP contribution in [0, 0.1) is 0 Å². The third-order valence-corrected chi connectivity index (χ3v) is 4.44. The van der Waals surface area contributed by atoms with Crippen LogP contribution in [0.25, 0.3) is 0 Å². The first-order chi connectivity index (χ1) is 12.7. The average Bonchev–Trinajstić information content (AvgIpc) is 3.15. The van der Waals surface area contributed by atoms with Crippen molar-refractivity contribution in [2.24, 2.45) is 5.73 Å². The second-order valence-corrected chi connectivity index (χ2v) is 6.74. The molecule has 0 aliphatic carbocycles. The van der Waals surface area contributed by atoms with E-state index >= 15 is 0 Å². The number of hydrogen-bond donors (Lipinski definition) is 2. The van der Waals surface area contributed by atoms with Gasteiger partial charge >= 0.3 is 0 Å². The van der Waals surface area contributed by atoms with Crippen molar-refractivity contribution in [3.63, 3.8) is 0 Å². The fourth-order valence-electron chi connectivity index (χ4n) is 2.89. The second-order valence-electron chi connectivity index (χ2n) is 6.74. The molecule has 2 aromatic rings. The van der Waals surface area contributed by atoms with E-state index in [0.29, 0.717) is 24.6 Å². The third-order valence-electron chi connectivity index (χ3n) is 4.44. The SMILES string of the molecule is CCCCCCCCCNC(=O)c1coc(C(N)Cc2ccccc2)n1. The number of nitrogens with two attached hydrogens (primary N) is 1. The quantitative estimate of drug-likeness (QED) is 0.552. The molecule has 142 valence electrons. The van der Waals surface area contributed by atoms with Gasteiger partial charge in [-0.05, 0) is 18.4 Å². The van der Waals surface area contributed by atoms with Crippen LogP contribution in [0.5, 0.6) is 0 Å². The molecule has 1 amide bonds. The number of benzene rings is 1. The number of unbranched alkanes of at least 4 members (excludes halogenated alkanes) is 6. The second kappa shape index (κ2) is 11.5. The Bertz CT molecular complexity index is 640. The zero-order valence-electron chi connectivity index (χ0n) is 15.7. The minimum Gasteiger partial charge on any atom is -0.446 e. The van der Waals surface area contributed by atoms with Crippen LogP contribution in [0.15, 0.2) is 41.0 Å². The summed E-state index contributed by atoms with van der Waals surface area (Å²) in [5.74, 6) is 0.202. The lowest BCUT2D eigenvalue weighted by Gasteiger charge is -2.07. The van der Waals surface area contributed by atoms with Crippen LogP contribution < -0.4 is 11.1 Å². The Morgan fingerprint density at radius 3 is 2.54 bits per heavy atom. The Kier molecular flexibility index (Phi) is 8.90. The molecule has 5 nitrogen and oxygen atoms in total. The Hall–Kier alpha value is -2.14. The molecule has 0 bridgehead atoms. The number of rotatable bonds is 12. The lowest BCUT2D eigenvalue weighted by atomic mass is 10.1. The van der Waals surface area contributed by atoms with Crippen LogP contribution >= 0.6 is 0 Å². The maximum atomic E-state index is 12.1. The summed E-state index contributed by atoms with van der Waals surface area (Å²) < 4.78 is 5.41. The van der Waals surface area contributed by atoms with Gasteiger partial charge in [0, 0.05) is 6.54 Å². The van der Waals surface area contributed by atoms with E-state index in [4.69, 9.17) is 10.2 Å². The fourth-order valence-corrected chi connectivity index (χ4v) is 2.89. The molecule has 1 aromatic carbocycles. The number of nitrogens with zero attached hydrogens (tertiary/aromatic N) is 1. The van der Waals surface area contributed by atoms with Crippen molar-refractivity contribution in [3.05, 3.63) is 53.7 Å². The van der Waals surface area contributed by atoms with Gasteiger partial charge in [0.2, 0.25) is 5.89 Å². The summed E-state index contributed by atoms with van der Waals surface area (Å²) in [6.07, 6.45) is 10.6. The van der Waals surface area contributed by atoms with Crippen molar-refractivity contribution in [2.75, 3.05) is 6.54 Å². The van der Waals surface area contributed by atoms with E-state index in [1.165, 1.54) is 38.4 Å². The molecule has 0 spiro atoms. The third kappa shape index (κ3) is 7.00. The molecule has 1 heterocycles. The highest BCUT2D eigenvalue weighted by molar-refractivity contribution is 5.91. The Balaban J connectivity index is 1.68. The monoisotopic (exact) mass is 357 g/mol. The normalized spacial score (nSPS) is 12.1. The van der Waals surface area contributed by atoms with Crippen LogP contribution in [0.3, 0.4) is 0 Å². The summed E-state index contributed by atoms with van der Waals surface area (Å²) in [4.78, 5) is 16.4. The van der Waals surface area contributed by atoms with Gasteiger partial charge in [0.15, 0.2) is 5.69 Å². The topological polar surface area (TPSA) is 81.2 Å². The van der Waals surface area contributed by atoms with Crippen molar-refractivity contribution in [3.8, 4) is 0 Å². The number of nitrogens with one attached hydrogen (secondary N) is 1. The molecule has 0 saturated heterocycles. The summed E-state index contributed by atoms with van der Waals surface area (Å²) >= 11 is 0. The fraction of sp³-hybridized carbons (Fsp3) is 0.524. The molecule has 0 aliphatic rings. The van der Waals surface area contributed by atoms with Gasteiger partial charge < -0.3 is 15.5 Å². The van der Waals surface area contributed by atoms with Gasteiger partial charge in [0.1, 0.15) is 6.26 Å². The van der Waals surface area contributed by atoms with Gasteiger partial charge in [-0.1, -0.05) is 75.8 Å². The molecule has 1 aromatic heterocycles. The summed E-state index contributed by atoms with van der Waals surface area (Å²) in [5.41, 5.74) is 7.55. The standard InChI is InChI=1S/C21H31N3O2/c1-2-3-4-5-6-7-11-14-23-20(25)19-16-26-21(24-19)18(22)15-17-12-9-8-10-13-17/h8-10,12-13,16,18H,2-7,11,14-15,22H2,1H3,(H,23,25). The molecule has 3 N–H and O–H groups in total. The Morgan fingerprint density at radius 2 is 1.81 bits per heavy atom. The summed E-state index contributed by atoms with van der Waals surface area (Å²) in [7, 11) is 0. The number of amides is 1. The highest BCUT2D eigenvalue weighted by Gasteiger charge is 2.17. The van der Waals surface area contributed by atoms with E-state index in [1.54, 1.807) is 0 Å². The highest BCUT2D eigenvalue weighted by Crippen LogP contribution is 2.15. The summed E-state index contributed by atoms with van der Waals surface area (Å²) in [6.45, 7) is 2.89. The van der Waals surface area contributed by atoms with E-state index in [0.717, 1.165) is 18.4 Å². The summed E-state index contributed by atoms with van der Waals surface area (Å²) in [6, 6.07) is 9.58. The highest BCUT2D eigenvalue weighted by atomic mass is 16.3. The average molecular weight is 357 g/mol. The van der Waals surface area contributed by atoms with E-state index in [2.05, 4.69) is 17.2 Å². The maximum absolute atomic E-state index is 12.1.